The van der Waals surface area contributed by atoms with E-state index in [9.17, 15) is 5.11 Å². The van der Waals surface area contributed by atoms with E-state index < -0.39 is 0 Å². The van der Waals surface area contributed by atoms with Crippen LogP contribution in [0, 0.1) is 0 Å². The van der Waals surface area contributed by atoms with E-state index in [1.165, 1.54) is 32.1 Å². The summed E-state index contributed by atoms with van der Waals surface area (Å²) in [5.74, 6) is 0.843. The molecule has 1 N–H and O–H groups in total. The Morgan fingerprint density at radius 2 is 1.85 bits per heavy atom. The van der Waals surface area contributed by atoms with Crippen molar-refractivity contribution in [1.29, 1.82) is 0 Å². The van der Waals surface area contributed by atoms with Crippen LogP contribution in [0.2, 0.25) is 0 Å². The Bertz CT molecular complexity index is 379. The van der Waals surface area contributed by atoms with Gasteiger partial charge in [0.25, 0.3) is 0 Å². The third kappa shape index (κ3) is 6.76. The fourth-order valence-corrected chi connectivity index (χ4v) is 2.76. The summed E-state index contributed by atoms with van der Waals surface area (Å²) in [5.41, 5.74) is 1.11. The summed E-state index contributed by atoms with van der Waals surface area (Å²) in [5, 5.41) is 10.1. The number of halogens is 1. The molecule has 1 aromatic rings. The van der Waals surface area contributed by atoms with Gasteiger partial charge in [-0.15, -0.1) is 0 Å². The van der Waals surface area contributed by atoms with Crippen LogP contribution in [-0.4, -0.2) is 18.3 Å². The lowest BCUT2D eigenvalue weighted by molar-refractivity contribution is 0.160. The number of rotatable bonds is 10. The maximum atomic E-state index is 10.1. The Balaban J connectivity index is 2.29. The number of aliphatic hydroxyl groups excluding tert-OH is 1. The van der Waals surface area contributed by atoms with Gasteiger partial charge < -0.3 is 9.84 Å². The average Bonchev–Trinajstić information content (AvgIpc) is 2.45. The molecule has 0 aromatic heterocycles. The van der Waals surface area contributed by atoms with Gasteiger partial charge in [-0.25, -0.2) is 0 Å². The van der Waals surface area contributed by atoms with Gasteiger partial charge >= 0.3 is 0 Å². The minimum Gasteiger partial charge on any atom is -0.497 e. The molecule has 1 atom stereocenters. The third-order valence-corrected chi connectivity index (χ3v) is 4.37. The van der Waals surface area contributed by atoms with Gasteiger partial charge in [0.1, 0.15) is 5.75 Å². The largest absolute Gasteiger partial charge is 0.497 e. The SMILES string of the molecule is CCCCCCCCC(O)Cc1cc(OC)ccc1Br. The first-order valence-corrected chi connectivity index (χ1v) is 8.47. The molecule has 0 fully saturated rings. The first-order valence-electron chi connectivity index (χ1n) is 7.67. The molecular formula is C17H27BrO2. The number of unbranched alkanes of at least 4 members (excludes halogenated alkanes) is 5. The van der Waals surface area contributed by atoms with Gasteiger partial charge in [-0.2, -0.15) is 0 Å². The highest BCUT2D eigenvalue weighted by Crippen LogP contribution is 2.24. The molecule has 3 heteroatoms. The van der Waals surface area contributed by atoms with Crippen LogP contribution in [0.4, 0.5) is 0 Å². The summed E-state index contributed by atoms with van der Waals surface area (Å²) in [6, 6.07) is 5.90. The summed E-state index contributed by atoms with van der Waals surface area (Å²) in [7, 11) is 1.67. The van der Waals surface area contributed by atoms with Crippen molar-refractivity contribution >= 4 is 15.9 Å². The molecule has 0 amide bonds. The van der Waals surface area contributed by atoms with Gasteiger partial charge in [-0.3, -0.25) is 0 Å². The minimum absolute atomic E-state index is 0.260. The second kappa shape index (κ2) is 10.2. The Kier molecular flexibility index (Phi) is 8.95. The Labute approximate surface area is 131 Å². The normalized spacial score (nSPS) is 12.4. The summed E-state index contributed by atoms with van der Waals surface area (Å²) in [6.07, 6.45) is 8.90. The van der Waals surface area contributed by atoms with Crippen LogP contribution in [0.25, 0.3) is 0 Å². The van der Waals surface area contributed by atoms with Crippen molar-refractivity contribution in [3.05, 3.63) is 28.2 Å². The van der Waals surface area contributed by atoms with E-state index in [0.29, 0.717) is 6.42 Å². The highest BCUT2D eigenvalue weighted by atomic mass is 79.9. The van der Waals surface area contributed by atoms with Gasteiger partial charge in [0.15, 0.2) is 0 Å². The van der Waals surface area contributed by atoms with Crippen molar-refractivity contribution in [3.8, 4) is 5.75 Å². The first-order chi connectivity index (χ1) is 9.67. The lowest BCUT2D eigenvalue weighted by Gasteiger charge is -2.13. The van der Waals surface area contributed by atoms with Crippen LogP contribution < -0.4 is 4.74 Å². The Hall–Kier alpha value is -0.540. The quantitative estimate of drug-likeness (QED) is 0.598. The standard InChI is InChI=1S/C17H27BrO2/c1-3-4-5-6-7-8-9-15(19)12-14-13-16(20-2)10-11-17(14)18/h10-11,13,15,19H,3-9,12H2,1-2H3. The summed E-state index contributed by atoms with van der Waals surface area (Å²) < 4.78 is 6.27. The smallest absolute Gasteiger partial charge is 0.119 e. The lowest BCUT2D eigenvalue weighted by atomic mass is 10.0. The maximum Gasteiger partial charge on any atom is 0.119 e. The van der Waals surface area contributed by atoms with E-state index in [2.05, 4.69) is 22.9 Å². The molecule has 0 aliphatic heterocycles. The van der Waals surface area contributed by atoms with Gasteiger partial charge in [-0.1, -0.05) is 61.4 Å². The fraction of sp³-hybridized carbons (Fsp3) is 0.647. The summed E-state index contributed by atoms with van der Waals surface area (Å²) in [4.78, 5) is 0. The molecule has 0 aliphatic carbocycles. The van der Waals surface area contributed by atoms with Gasteiger partial charge in [-0.05, 0) is 36.6 Å². The predicted octanol–water partition coefficient (Wildman–Crippen LogP) is 5.11. The highest BCUT2D eigenvalue weighted by molar-refractivity contribution is 9.10. The zero-order valence-electron chi connectivity index (χ0n) is 12.7. The molecule has 0 spiro atoms. The van der Waals surface area contributed by atoms with E-state index >= 15 is 0 Å². The molecule has 0 heterocycles. The lowest BCUT2D eigenvalue weighted by Crippen LogP contribution is -2.10. The van der Waals surface area contributed by atoms with Crippen molar-refractivity contribution < 1.29 is 9.84 Å². The van der Waals surface area contributed by atoms with Crippen LogP contribution >= 0.6 is 15.9 Å². The zero-order chi connectivity index (χ0) is 14.8. The molecule has 1 aromatic carbocycles. The molecule has 1 rings (SSSR count). The third-order valence-electron chi connectivity index (χ3n) is 3.60. The molecular weight excluding hydrogens is 316 g/mol. The van der Waals surface area contributed by atoms with E-state index in [0.717, 1.165) is 28.6 Å². The first kappa shape index (κ1) is 17.5. The van der Waals surface area contributed by atoms with Crippen LogP contribution in [0.15, 0.2) is 22.7 Å². The van der Waals surface area contributed by atoms with Crippen LogP contribution in [0.1, 0.15) is 57.4 Å². The second-order valence-electron chi connectivity index (χ2n) is 5.37. The molecule has 20 heavy (non-hydrogen) atoms. The van der Waals surface area contributed by atoms with Crippen molar-refractivity contribution in [3.63, 3.8) is 0 Å². The molecule has 0 saturated heterocycles. The van der Waals surface area contributed by atoms with E-state index in [1.807, 2.05) is 18.2 Å². The molecule has 114 valence electrons. The monoisotopic (exact) mass is 342 g/mol. The number of hydrogen-bond acceptors (Lipinski definition) is 2. The maximum absolute atomic E-state index is 10.1. The number of aliphatic hydroxyl groups is 1. The number of methoxy groups -OCH3 is 1. The summed E-state index contributed by atoms with van der Waals surface area (Å²) in [6.45, 7) is 2.23. The Morgan fingerprint density at radius 3 is 2.55 bits per heavy atom. The van der Waals surface area contributed by atoms with Crippen LogP contribution in [-0.2, 0) is 6.42 Å². The summed E-state index contributed by atoms with van der Waals surface area (Å²) >= 11 is 3.53. The van der Waals surface area contributed by atoms with Gasteiger partial charge in [0.2, 0.25) is 0 Å². The van der Waals surface area contributed by atoms with Crippen LogP contribution in [0.5, 0.6) is 5.75 Å². The van der Waals surface area contributed by atoms with E-state index in [-0.39, 0.29) is 6.10 Å². The Morgan fingerprint density at radius 1 is 1.15 bits per heavy atom. The number of hydrogen-bond donors (Lipinski definition) is 1. The van der Waals surface area contributed by atoms with E-state index in [4.69, 9.17) is 4.74 Å². The second-order valence-corrected chi connectivity index (χ2v) is 6.23. The highest BCUT2D eigenvalue weighted by Gasteiger charge is 2.09. The fourth-order valence-electron chi connectivity index (χ4n) is 2.35. The molecule has 0 radical (unpaired) electrons. The topological polar surface area (TPSA) is 29.5 Å². The average molecular weight is 343 g/mol. The van der Waals surface area contributed by atoms with Crippen molar-refractivity contribution in [1.82, 2.24) is 0 Å². The van der Waals surface area contributed by atoms with Crippen LogP contribution in [0.3, 0.4) is 0 Å². The molecule has 0 aliphatic rings. The van der Waals surface area contributed by atoms with E-state index in [1.54, 1.807) is 7.11 Å². The van der Waals surface area contributed by atoms with Gasteiger partial charge in [0, 0.05) is 4.47 Å². The predicted molar refractivity (Wildman–Crippen MR) is 88.4 cm³/mol. The van der Waals surface area contributed by atoms with Gasteiger partial charge in [0.05, 0.1) is 13.2 Å². The molecule has 0 bridgehead atoms. The molecule has 1 unspecified atom stereocenters. The zero-order valence-corrected chi connectivity index (χ0v) is 14.3. The van der Waals surface area contributed by atoms with Crippen molar-refractivity contribution in [2.75, 3.05) is 7.11 Å². The minimum atomic E-state index is -0.260. The number of benzene rings is 1. The molecule has 2 nitrogen and oxygen atoms in total. The number of ether oxygens (including phenoxy) is 1. The van der Waals surface area contributed by atoms with Crippen molar-refractivity contribution in [2.24, 2.45) is 0 Å². The van der Waals surface area contributed by atoms with Crippen molar-refractivity contribution in [2.45, 2.75) is 64.4 Å². The molecule has 0 saturated carbocycles.